The summed E-state index contributed by atoms with van der Waals surface area (Å²) >= 11 is 0. The molecule has 1 aromatic rings. The van der Waals surface area contributed by atoms with Gasteiger partial charge in [0.1, 0.15) is 5.75 Å². The lowest BCUT2D eigenvalue weighted by atomic mass is 9.62. The molecule has 3 rings (SSSR count). The van der Waals surface area contributed by atoms with Crippen LogP contribution in [0.15, 0.2) is 18.2 Å². The molecule has 0 saturated heterocycles. The molecule has 4 atom stereocenters. The summed E-state index contributed by atoms with van der Waals surface area (Å²) in [5.74, 6) is 3.20. The quantitative estimate of drug-likeness (QED) is 0.882. The van der Waals surface area contributed by atoms with E-state index in [1.807, 2.05) is 0 Å². The van der Waals surface area contributed by atoms with Gasteiger partial charge in [-0.3, -0.25) is 0 Å². The van der Waals surface area contributed by atoms with E-state index in [-0.39, 0.29) is 5.54 Å². The van der Waals surface area contributed by atoms with Crippen LogP contribution < -0.4 is 10.5 Å². The van der Waals surface area contributed by atoms with E-state index in [1.54, 1.807) is 7.11 Å². The smallest absolute Gasteiger partial charge is 0.119 e. The normalized spacial score (nSPS) is 36.1. The highest BCUT2D eigenvalue weighted by Crippen LogP contribution is 2.47. The molecule has 0 aromatic heterocycles. The van der Waals surface area contributed by atoms with Crippen LogP contribution in [0, 0.1) is 17.8 Å². The molecule has 0 spiro atoms. The Labute approximate surface area is 129 Å². The molecule has 116 valence electrons. The van der Waals surface area contributed by atoms with Crippen molar-refractivity contribution >= 4 is 0 Å². The lowest BCUT2D eigenvalue weighted by molar-refractivity contribution is 0.119. The van der Waals surface area contributed by atoms with Crippen LogP contribution in [-0.2, 0) is 12.0 Å². The lowest BCUT2D eigenvalue weighted by Crippen LogP contribution is -2.48. The topological polar surface area (TPSA) is 35.2 Å². The summed E-state index contributed by atoms with van der Waals surface area (Å²) in [4.78, 5) is 0. The third-order valence-corrected chi connectivity index (χ3v) is 6.18. The number of rotatable bonds is 2. The first kappa shape index (κ1) is 14.9. The van der Waals surface area contributed by atoms with E-state index < -0.39 is 0 Å². The minimum atomic E-state index is -0.142. The predicted molar refractivity (Wildman–Crippen MR) is 87.5 cm³/mol. The van der Waals surface area contributed by atoms with Crippen LogP contribution in [0.1, 0.15) is 57.1 Å². The van der Waals surface area contributed by atoms with E-state index in [0.29, 0.717) is 5.92 Å². The van der Waals surface area contributed by atoms with Crippen molar-refractivity contribution in [2.24, 2.45) is 23.5 Å². The summed E-state index contributed by atoms with van der Waals surface area (Å²) in [6, 6.07) is 6.51. The Kier molecular flexibility index (Phi) is 4.00. The van der Waals surface area contributed by atoms with Crippen LogP contribution in [0.4, 0.5) is 0 Å². The maximum atomic E-state index is 7.02. The second-order valence-electron chi connectivity index (χ2n) is 7.38. The standard InChI is InChI=1S/C19H29NO/c1-13-6-8-16(11-14(13)2)19(20)10-4-5-15-7-9-17(21-3)12-18(15)19/h7,9,12-14,16H,4-6,8,10-11,20H2,1-3H3. The Hall–Kier alpha value is -1.02. The van der Waals surface area contributed by atoms with Crippen LogP contribution in [0.3, 0.4) is 0 Å². The molecule has 1 aromatic carbocycles. The molecule has 4 unspecified atom stereocenters. The molecule has 2 aliphatic carbocycles. The summed E-state index contributed by atoms with van der Waals surface area (Å²) in [5.41, 5.74) is 9.68. The highest BCUT2D eigenvalue weighted by molar-refractivity contribution is 5.42. The Morgan fingerprint density at radius 2 is 2.00 bits per heavy atom. The first-order valence-electron chi connectivity index (χ1n) is 8.51. The van der Waals surface area contributed by atoms with Crippen LogP contribution in [0.2, 0.25) is 0 Å². The zero-order valence-corrected chi connectivity index (χ0v) is 13.7. The molecule has 0 bridgehead atoms. The number of methoxy groups -OCH3 is 1. The highest BCUT2D eigenvalue weighted by Gasteiger charge is 2.42. The summed E-state index contributed by atoms with van der Waals surface area (Å²) in [6.07, 6.45) is 7.38. The van der Waals surface area contributed by atoms with Crippen LogP contribution in [0.5, 0.6) is 5.75 Å². The van der Waals surface area contributed by atoms with Crippen LogP contribution >= 0.6 is 0 Å². The van der Waals surface area contributed by atoms with Gasteiger partial charge in [0.25, 0.3) is 0 Å². The minimum absolute atomic E-state index is 0.142. The van der Waals surface area contributed by atoms with Crippen molar-refractivity contribution in [3.8, 4) is 5.75 Å². The summed E-state index contributed by atoms with van der Waals surface area (Å²) in [5, 5.41) is 0. The first-order chi connectivity index (χ1) is 10.0. The Morgan fingerprint density at radius 3 is 2.71 bits per heavy atom. The van der Waals surface area contributed by atoms with E-state index in [9.17, 15) is 0 Å². The maximum absolute atomic E-state index is 7.02. The van der Waals surface area contributed by atoms with E-state index in [1.165, 1.54) is 36.8 Å². The van der Waals surface area contributed by atoms with Crippen molar-refractivity contribution in [2.45, 2.75) is 57.9 Å². The fourth-order valence-corrected chi connectivity index (χ4v) is 4.48. The second-order valence-corrected chi connectivity index (χ2v) is 7.38. The molecule has 0 amide bonds. The van der Waals surface area contributed by atoms with E-state index in [4.69, 9.17) is 10.5 Å². The van der Waals surface area contributed by atoms with Crippen LogP contribution in [-0.4, -0.2) is 7.11 Å². The zero-order valence-electron chi connectivity index (χ0n) is 13.7. The van der Waals surface area contributed by atoms with Crippen molar-refractivity contribution in [3.63, 3.8) is 0 Å². The van der Waals surface area contributed by atoms with Crippen molar-refractivity contribution in [1.82, 2.24) is 0 Å². The van der Waals surface area contributed by atoms with Gasteiger partial charge in [-0.15, -0.1) is 0 Å². The Bertz CT molecular complexity index is 512. The molecular weight excluding hydrogens is 258 g/mol. The number of fused-ring (bicyclic) bond motifs is 1. The van der Waals surface area contributed by atoms with Gasteiger partial charge in [0.15, 0.2) is 0 Å². The van der Waals surface area contributed by atoms with E-state index >= 15 is 0 Å². The molecule has 0 radical (unpaired) electrons. The fourth-order valence-electron chi connectivity index (χ4n) is 4.48. The third-order valence-electron chi connectivity index (χ3n) is 6.18. The summed E-state index contributed by atoms with van der Waals surface area (Å²) in [6.45, 7) is 4.79. The molecule has 2 nitrogen and oxygen atoms in total. The molecule has 2 heteroatoms. The fraction of sp³-hybridized carbons (Fsp3) is 0.684. The lowest BCUT2D eigenvalue weighted by Gasteiger charge is -2.46. The average molecular weight is 287 g/mol. The second kappa shape index (κ2) is 5.64. The van der Waals surface area contributed by atoms with Gasteiger partial charge in [-0.2, -0.15) is 0 Å². The van der Waals surface area contributed by atoms with Crippen molar-refractivity contribution in [1.29, 1.82) is 0 Å². The largest absolute Gasteiger partial charge is 0.497 e. The summed E-state index contributed by atoms with van der Waals surface area (Å²) < 4.78 is 5.44. The van der Waals surface area contributed by atoms with Gasteiger partial charge in [-0.25, -0.2) is 0 Å². The van der Waals surface area contributed by atoms with E-state index in [0.717, 1.165) is 30.4 Å². The minimum Gasteiger partial charge on any atom is -0.497 e. The third kappa shape index (κ3) is 2.59. The van der Waals surface area contributed by atoms with Crippen molar-refractivity contribution in [3.05, 3.63) is 29.3 Å². The van der Waals surface area contributed by atoms with E-state index in [2.05, 4.69) is 32.0 Å². The molecule has 21 heavy (non-hydrogen) atoms. The number of hydrogen-bond donors (Lipinski definition) is 1. The monoisotopic (exact) mass is 287 g/mol. The Balaban J connectivity index is 1.95. The molecule has 0 heterocycles. The van der Waals surface area contributed by atoms with Crippen molar-refractivity contribution in [2.75, 3.05) is 7.11 Å². The molecule has 1 fully saturated rings. The number of ether oxygens (including phenoxy) is 1. The van der Waals surface area contributed by atoms with Gasteiger partial charge >= 0.3 is 0 Å². The maximum Gasteiger partial charge on any atom is 0.119 e. The summed E-state index contributed by atoms with van der Waals surface area (Å²) in [7, 11) is 1.74. The average Bonchev–Trinajstić information content (AvgIpc) is 2.50. The van der Waals surface area contributed by atoms with Gasteiger partial charge in [0.2, 0.25) is 0 Å². The molecule has 2 aliphatic rings. The first-order valence-corrected chi connectivity index (χ1v) is 8.51. The molecule has 1 saturated carbocycles. The molecule has 2 N–H and O–H groups in total. The van der Waals surface area contributed by atoms with Gasteiger partial charge in [-0.05, 0) is 73.1 Å². The SMILES string of the molecule is COc1ccc2c(c1)C(N)(C1CCC(C)C(C)C1)CCC2. The molecule has 0 aliphatic heterocycles. The predicted octanol–water partition coefficient (Wildman–Crippen LogP) is 4.26. The number of benzene rings is 1. The van der Waals surface area contributed by atoms with Gasteiger partial charge < -0.3 is 10.5 Å². The number of hydrogen-bond acceptors (Lipinski definition) is 2. The highest BCUT2D eigenvalue weighted by atomic mass is 16.5. The van der Waals surface area contributed by atoms with Gasteiger partial charge in [-0.1, -0.05) is 26.3 Å². The Morgan fingerprint density at radius 1 is 1.19 bits per heavy atom. The van der Waals surface area contributed by atoms with Crippen LogP contribution in [0.25, 0.3) is 0 Å². The zero-order chi connectivity index (χ0) is 15.0. The van der Waals surface area contributed by atoms with Gasteiger partial charge in [0.05, 0.1) is 7.11 Å². The number of aryl methyl sites for hydroxylation is 1. The number of nitrogens with two attached hydrogens (primary N) is 1. The van der Waals surface area contributed by atoms with Gasteiger partial charge in [0, 0.05) is 5.54 Å². The molecular formula is C19H29NO. The van der Waals surface area contributed by atoms with Crippen molar-refractivity contribution < 1.29 is 4.74 Å².